The van der Waals surface area contributed by atoms with E-state index in [9.17, 15) is 4.79 Å². The molecule has 0 bridgehead atoms. The van der Waals surface area contributed by atoms with Crippen molar-refractivity contribution in [2.24, 2.45) is 0 Å². The highest BCUT2D eigenvalue weighted by atomic mass is 32.1. The molecule has 0 radical (unpaired) electrons. The van der Waals surface area contributed by atoms with Crippen LogP contribution < -0.4 is 10.6 Å². The van der Waals surface area contributed by atoms with Crippen LogP contribution in [0.2, 0.25) is 0 Å². The molecule has 7 heteroatoms. The predicted molar refractivity (Wildman–Crippen MR) is 123 cm³/mol. The third kappa shape index (κ3) is 4.21. The lowest BCUT2D eigenvalue weighted by Crippen LogP contribution is -2.34. The summed E-state index contributed by atoms with van der Waals surface area (Å²) in [7, 11) is 0. The molecular weight excluding hydrogens is 394 g/mol. The molecule has 4 rings (SSSR count). The molecule has 2 N–H and O–H groups in total. The fourth-order valence-corrected chi connectivity index (χ4v) is 3.40. The number of benzene rings is 3. The van der Waals surface area contributed by atoms with Crippen LogP contribution in [-0.2, 0) is 0 Å². The number of carbonyl (C=O) groups excluding carboxylic acids is 1. The van der Waals surface area contributed by atoms with Gasteiger partial charge in [-0.05, 0) is 75.0 Å². The SMILES string of the molecule is Cc1ccc(-n2nc3ccc(NC(=S)NC(=O)c4ccc(C)cc4C)cc3n2)cc1. The molecule has 0 saturated heterocycles. The summed E-state index contributed by atoms with van der Waals surface area (Å²) >= 11 is 5.31. The van der Waals surface area contributed by atoms with Crippen LogP contribution >= 0.6 is 12.2 Å². The quantitative estimate of drug-likeness (QED) is 0.483. The van der Waals surface area contributed by atoms with Gasteiger partial charge in [0.15, 0.2) is 5.11 Å². The van der Waals surface area contributed by atoms with Crippen molar-refractivity contribution >= 4 is 40.0 Å². The molecule has 3 aromatic carbocycles. The summed E-state index contributed by atoms with van der Waals surface area (Å²) in [5, 5.41) is 15.1. The minimum absolute atomic E-state index is 0.227. The number of nitrogens with one attached hydrogen (secondary N) is 2. The highest BCUT2D eigenvalue weighted by Crippen LogP contribution is 2.18. The highest BCUT2D eigenvalue weighted by Gasteiger charge is 2.12. The molecule has 0 atom stereocenters. The Morgan fingerprint density at radius 1 is 0.867 bits per heavy atom. The van der Waals surface area contributed by atoms with Gasteiger partial charge in [-0.1, -0.05) is 35.4 Å². The van der Waals surface area contributed by atoms with Crippen molar-refractivity contribution in [2.45, 2.75) is 20.8 Å². The lowest BCUT2D eigenvalue weighted by molar-refractivity contribution is 0.0977. The standard InChI is InChI=1S/C23H21N5OS/c1-14-4-8-18(9-5-14)28-26-20-11-7-17(13-21(20)27-28)24-23(30)25-22(29)19-10-6-15(2)12-16(19)3/h4-13H,1-3H3,(H2,24,25,29,30). The van der Waals surface area contributed by atoms with Crippen LogP contribution in [0.1, 0.15) is 27.0 Å². The Morgan fingerprint density at radius 2 is 1.57 bits per heavy atom. The van der Waals surface area contributed by atoms with Gasteiger partial charge >= 0.3 is 0 Å². The van der Waals surface area contributed by atoms with Gasteiger partial charge in [-0.2, -0.15) is 4.80 Å². The van der Waals surface area contributed by atoms with E-state index in [4.69, 9.17) is 12.2 Å². The Kier molecular flexibility index (Phi) is 5.29. The van der Waals surface area contributed by atoms with Gasteiger partial charge in [0, 0.05) is 11.3 Å². The Morgan fingerprint density at radius 3 is 2.30 bits per heavy atom. The number of fused-ring (bicyclic) bond motifs is 1. The molecule has 0 aliphatic carbocycles. The molecular formula is C23H21N5OS. The first kappa shape index (κ1) is 19.7. The molecule has 0 aliphatic rings. The van der Waals surface area contributed by atoms with Crippen molar-refractivity contribution < 1.29 is 4.79 Å². The number of carbonyl (C=O) groups is 1. The summed E-state index contributed by atoms with van der Waals surface area (Å²) in [4.78, 5) is 14.1. The average molecular weight is 416 g/mol. The van der Waals surface area contributed by atoms with E-state index < -0.39 is 0 Å². The highest BCUT2D eigenvalue weighted by molar-refractivity contribution is 7.80. The molecule has 1 amide bonds. The van der Waals surface area contributed by atoms with Crippen LogP contribution in [0.25, 0.3) is 16.7 Å². The number of aromatic nitrogens is 3. The van der Waals surface area contributed by atoms with Gasteiger partial charge in [0.05, 0.1) is 5.69 Å². The molecule has 0 fully saturated rings. The third-order valence-electron chi connectivity index (χ3n) is 4.76. The maximum atomic E-state index is 12.5. The van der Waals surface area contributed by atoms with E-state index >= 15 is 0 Å². The maximum Gasteiger partial charge on any atom is 0.257 e. The van der Waals surface area contributed by atoms with Crippen LogP contribution in [-0.4, -0.2) is 26.0 Å². The minimum atomic E-state index is -0.239. The van der Waals surface area contributed by atoms with Gasteiger partial charge in [-0.25, -0.2) is 0 Å². The van der Waals surface area contributed by atoms with Gasteiger partial charge in [0.1, 0.15) is 11.0 Å². The van der Waals surface area contributed by atoms with Gasteiger partial charge < -0.3 is 5.32 Å². The minimum Gasteiger partial charge on any atom is -0.332 e. The summed E-state index contributed by atoms with van der Waals surface area (Å²) in [5.74, 6) is -0.239. The Balaban J connectivity index is 1.48. The van der Waals surface area contributed by atoms with Crippen molar-refractivity contribution in [3.8, 4) is 5.69 Å². The number of anilines is 1. The third-order valence-corrected chi connectivity index (χ3v) is 4.96. The molecule has 6 nitrogen and oxygen atoms in total. The smallest absolute Gasteiger partial charge is 0.257 e. The summed E-state index contributed by atoms with van der Waals surface area (Å²) in [6, 6.07) is 19.2. The first-order valence-electron chi connectivity index (χ1n) is 9.53. The first-order valence-corrected chi connectivity index (χ1v) is 9.93. The fraction of sp³-hybridized carbons (Fsp3) is 0.130. The Labute approximate surface area is 179 Å². The molecule has 0 unspecified atom stereocenters. The van der Waals surface area contributed by atoms with Crippen molar-refractivity contribution in [1.29, 1.82) is 0 Å². The zero-order valence-corrected chi connectivity index (χ0v) is 17.7. The second-order valence-corrected chi connectivity index (χ2v) is 7.66. The monoisotopic (exact) mass is 415 g/mol. The first-order chi connectivity index (χ1) is 14.4. The van der Waals surface area contributed by atoms with Crippen LogP contribution in [0.5, 0.6) is 0 Å². The Hall–Kier alpha value is -3.58. The van der Waals surface area contributed by atoms with E-state index in [1.807, 2.05) is 75.4 Å². The summed E-state index contributed by atoms with van der Waals surface area (Å²) in [5.41, 5.74) is 6.91. The number of hydrogen-bond acceptors (Lipinski definition) is 4. The number of thiocarbonyl (C=S) groups is 1. The maximum absolute atomic E-state index is 12.5. The molecule has 150 valence electrons. The van der Waals surface area contributed by atoms with E-state index in [1.165, 1.54) is 5.56 Å². The largest absolute Gasteiger partial charge is 0.332 e. The predicted octanol–water partition coefficient (Wildman–Crippen LogP) is 4.47. The topological polar surface area (TPSA) is 71.8 Å². The van der Waals surface area contributed by atoms with E-state index in [0.29, 0.717) is 5.56 Å². The fourth-order valence-electron chi connectivity index (χ4n) is 3.19. The molecule has 0 aliphatic heterocycles. The van der Waals surface area contributed by atoms with Gasteiger partial charge in [-0.3, -0.25) is 10.1 Å². The molecule has 1 heterocycles. The number of nitrogens with zero attached hydrogens (tertiary/aromatic N) is 3. The molecule has 0 saturated carbocycles. The van der Waals surface area contributed by atoms with E-state index in [1.54, 1.807) is 10.9 Å². The molecule has 4 aromatic rings. The number of aryl methyl sites for hydroxylation is 3. The number of amides is 1. The molecule has 1 aromatic heterocycles. The normalized spacial score (nSPS) is 10.8. The zero-order chi connectivity index (χ0) is 21.3. The van der Waals surface area contributed by atoms with E-state index in [-0.39, 0.29) is 11.0 Å². The average Bonchev–Trinajstić information content (AvgIpc) is 3.11. The van der Waals surface area contributed by atoms with Crippen molar-refractivity contribution in [2.75, 3.05) is 5.32 Å². The van der Waals surface area contributed by atoms with Crippen LogP contribution in [0.3, 0.4) is 0 Å². The second kappa shape index (κ2) is 8.04. The Bertz CT molecular complexity index is 1260. The van der Waals surface area contributed by atoms with E-state index in [2.05, 4.69) is 20.8 Å². The number of rotatable bonds is 3. The van der Waals surface area contributed by atoms with Crippen molar-refractivity contribution in [3.63, 3.8) is 0 Å². The van der Waals surface area contributed by atoms with Gasteiger partial charge in [0.2, 0.25) is 0 Å². The van der Waals surface area contributed by atoms with Crippen LogP contribution in [0.15, 0.2) is 60.7 Å². The van der Waals surface area contributed by atoms with Crippen LogP contribution in [0.4, 0.5) is 5.69 Å². The van der Waals surface area contributed by atoms with Crippen molar-refractivity contribution in [3.05, 3.63) is 82.9 Å². The summed E-state index contributed by atoms with van der Waals surface area (Å²) in [6.07, 6.45) is 0. The van der Waals surface area contributed by atoms with Crippen molar-refractivity contribution in [1.82, 2.24) is 20.3 Å². The summed E-state index contributed by atoms with van der Waals surface area (Å²) in [6.45, 7) is 5.94. The van der Waals surface area contributed by atoms with Gasteiger partial charge in [0.25, 0.3) is 5.91 Å². The second-order valence-electron chi connectivity index (χ2n) is 7.26. The van der Waals surface area contributed by atoms with Gasteiger partial charge in [-0.15, -0.1) is 10.2 Å². The number of hydrogen-bond donors (Lipinski definition) is 2. The lowest BCUT2D eigenvalue weighted by atomic mass is 10.1. The summed E-state index contributed by atoms with van der Waals surface area (Å²) < 4.78 is 0. The zero-order valence-electron chi connectivity index (χ0n) is 16.9. The van der Waals surface area contributed by atoms with Crippen LogP contribution in [0, 0.1) is 20.8 Å². The molecule has 0 spiro atoms. The van der Waals surface area contributed by atoms with E-state index in [0.717, 1.165) is 33.5 Å². The molecule has 30 heavy (non-hydrogen) atoms. The lowest BCUT2D eigenvalue weighted by Gasteiger charge is -2.11.